The van der Waals surface area contributed by atoms with Gasteiger partial charge in [-0.3, -0.25) is 4.98 Å². The van der Waals surface area contributed by atoms with Gasteiger partial charge >= 0.3 is 0 Å². The van der Waals surface area contributed by atoms with Gasteiger partial charge in [0.05, 0.1) is 31.1 Å². The molecule has 2 aromatic rings. The molecule has 5 nitrogen and oxygen atoms in total. The van der Waals surface area contributed by atoms with Crippen LogP contribution in [-0.4, -0.2) is 45.7 Å². The topological polar surface area (TPSA) is 99.6 Å². The summed E-state index contributed by atoms with van der Waals surface area (Å²) >= 11 is 0. The van der Waals surface area contributed by atoms with E-state index in [0.717, 1.165) is 11.3 Å². The molecule has 0 unspecified atom stereocenters. The van der Waals surface area contributed by atoms with E-state index in [4.69, 9.17) is 21.1 Å². The fourth-order valence-corrected chi connectivity index (χ4v) is 1.29. The second-order valence-electron chi connectivity index (χ2n) is 4.42. The molecule has 1 aromatic heterocycles. The quantitative estimate of drug-likeness (QED) is 0.523. The molecule has 1 aromatic carbocycles. The van der Waals surface area contributed by atoms with Crippen LogP contribution in [0.1, 0.15) is 0 Å². The Bertz CT molecular complexity index is 433. The maximum atomic E-state index is 8.34. The third kappa shape index (κ3) is 6.90. The number of pyridine rings is 1. The number of nitrogens with two attached hydrogens (primary N) is 1. The fraction of sp³-hybridized carbons (Fsp3) is 0.267. The van der Waals surface area contributed by atoms with Crippen LogP contribution in [-0.2, 0) is 19.8 Å². The molecule has 21 heavy (non-hydrogen) atoms. The minimum absolute atomic E-state index is 0. The summed E-state index contributed by atoms with van der Waals surface area (Å²) in [4.78, 5) is 4.25. The van der Waals surface area contributed by atoms with Crippen molar-refractivity contribution in [2.75, 3.05) is 19.8 Å². The van der Waals surface area contributed by atoms with Crippen molar-refractivity contribution in [1.82, 2.24) is 4.98 Å². The van der Waals surface area contributed by atoms with Crippen LogP contribution in [0.3, 0.4) is 0 Å². The van der Waals surface area contributed by atoms with Crippen molar-refractivity contribution < 1.29 is 35.1 Å². The summed E-state index contributed by atoms with van der Waals surface area (Å²) < 4.78 is 0. The summed E-state index contributed by atoms with van der Waals surface area (Å²) in [6.45, 7) is -1.21. The normalized spacial score (nSPS) is 10.1. The van der Waals surface area contributed by atoms with E-state index in [0.29, 0.717) is 0 Å². The monoisotopic (exact) mass is 468 g/mol. The number of hydrogen-bond acceptors (Lipinski definition) is 5. The average molecular weight is 467 g/mol. The molecule has 116 valence electrons. The Kier molecular flexibility index (Phi) is 9.98. The van der Waals surface area contributed by atoms with Crippen LogP contribution in [0, 0.1) is 0 Å². The molecule has 0 spiro atoms. The third-order valence-electron chi connectivity index (χ3n) is 2.68. The molecule has 0 aliphatic rings. The first-order valence-corrected chi connectivity index (χ1v) is 6.23. The number of nitrogens with zero attached hydrogens (tertiary/aromatic N) is 1. The zero-order valence-corrected chi connectivity index (χ0v) is 14.1. The van der Waals surface area contributed by atoms with Crippen LogP contribution in [0.2, 0.25) is 0 Å². The second-order valence-corrected chi connectivity index (χ2v) is 4.42. The Morgan fingerprint density at radius 3 is 1.76 bits per heavy atom. The largest absolute Gasteiger partial charge is 0.394 e. The molecule has 5 N–H and O–H groups in total. The first kappa shape index (κ1) is 19.8. The number of rotatable bonds is 4. The zero-order chi connectivity index (χ0) is 14.8. The molecule has 0 amide bonds. The zero-order valence-electron chi connectivity index (χ0n) is 11.5. The van der Waals surface area contributed by atoms with Crippen LogP contribution in [0.15, 0.2) is 54.7 Å². The molecule has 6 heteroatoms. The van der Waals surface area contributed by atoms with Crippen LogP contribution in [0.4, 0.5) is 0 Å². The predicted octanol–water partition coefficient (Wildman–Crippen LogP) is 0.407. The minimum atomic E-state index is -1.21. The van der Waals surface area contributed by atoms with Gasteiger partial charge in [0.25, 0.3) is 0 Å². The Labute approximate surface area is 137 Å². The maximum Gasteiger partial charge on any atom is 0.0856 e. The van der Waals surface area contributed by atoms with Crippen LogP contribution < -0.4 is 5.73 Å². The predicted molar refractivity (Wildman–Crippen MR) is 77.8 cm³/mol. The smallest absolute Gasteiger partial charge is 0.0856 e. The summed E-state index contributed by atoms with van der Waals surface area (Å²) in [5.41, 5.74) is 6.13. The van der Waals surface area contributed by atoms with Crippen molar-refractivity contribution in [3.05, 3.63) is 54.7 Å². The molecule has 0 aliphatic carbocycles. The van der Waals surface area contributed by atoms with Gasteiger partial charge in [-0.2, -0.15) is 0 Å². The van der Waals surface area contributed by atoms with Gasteiger partial charge in [-0.25, -0.2) is 0 Å². The Balaban J connectivity index is 0.000000397. The van der Waals surface area contributed by atoms with Crippen LogP contribution >= 0.6 is 0 Å². The number of hydrogen-bond donors (Lipinski definition) is 4. The first-order valence-electron chi connectivity index (χ1n) is 6.23. The summed E-state index contributed by atoms with van der Waals surface area (Å²) in [5.74, 6) is 0. The van der Waals surface area contributed by atoms with E-state index in [-0.39, 0.29) is 19.8 Å². The van der Waals surface area contributed by atoms with Gasteiger partial charge in [-0.15, -0.1) is 0 Å². The summed E-state index contributed by atoms with van der Waals surface area (Å²) in [6, 6.07) is 16.1. The molecule has 0 aliphatic heterocycles. The Hall–Kier alpha value is -1.15. The standard InChI is InChI=1S/C11H9N.C4H11NO3.Os/c1-2-6-10(7-3-1)11-8-4-5-9-12-11;5-4(1-6,2-7)3-8;/h1-9H;6-8H,1-3,5H2;. The molecule has 0 atom stereocenters. The molecule has 0 radical (unpaired) electrons. The van der Waals surface area contributed by atoms with E-state index >= 15 is 0 Å². The van der Waals surface area contributed by atoms with Crippen molar-refractivity contribution in [2.24, 2.45) is 5.73 Å². The van der Waals surface area contributed by atoms with E-state index < -0.39 is 25.4 Å². The van der Waals surface area contributed by atoms with Crippen molar-refractivity contribution in [3.8, 4) is 11.3 Å². The van der Waals surface area contributed by atoms with Gasteiger partial charge in [0.2, 0.25) is 0 Å². The van der Waals surface area contributed by atoms with Gasteiger partial charge in [0.1, 0.15) is 0 Å². The van der Waals surface area contributed by atoms with Gasteiger partial charge in [0, 0.05) is 31.6 Å². The molecule has 0 bridgehead atoms. The van der Waals surface area contributed by atoms with Gasteiger partial charge in [-0.1, -0.05) is 36.4 Å². The number of aromatic nitrogens is 1. The SMILES string of the molecule is NC(CO)(CO)CO.[Os].c1ccc(-c2ccccn2)cc1. The molecule has 2 rings (SSSR count). The number of aliphatic hydroxyl groups is 3. The van der Waals surface area contributed by atoms with Gasteiger partial charge in [-0.05, 0) is 12.1 Å². The van der Waals surface area contributed by atoms with Crippen LogP contribution in [0.5, 0.6) is 0 Å². The molecule has 1 heterocycles. The second kappa shape index (κ2) is 10.6. The summed E-state index contributed by atoms with van der Waals surface area (Å²) in [6.07, 6.45) is 1.81. The molecular weight excluding hydrogens is 446 g/mol. The van der Waals surface area contributed by atoms with E-state index in [1.54, 1.807) is 0 Å². The number of aliphatic hydroxyl groups excluding tert-OH is 3. The van der Waals surface area contributed by atoms with Gasteiger partial charge in [0.15, 0.2) is 0 Å². The number of benzene rings is 1. The Morgan fingerprint density at radius 2 is 1.38 bits per heavy atom. The van der Waals surface area contributed by atoms with E-state index in [9.17, 15) is 0 Å². The maximum absolute atomic E-state index is 8.34. The van der Waals surface area contributed by atoms with E-state index in [2.05, 4.69) is 17.1 Å². The molecule has 0 saturated carbocycles. The molecular formula is C15H20N2O3Os. The van der Waals surface area contributed by atoms with Gasteiger partial charge < -0.3 is 21.1 Å². The third-order valence-corrected chi connectivity index (χ3v) is 2.68. The van der Waals surface area contributed by atoms with Crippen molar-refractivity contribution in [2.45, 2.75) is 5.54 Å². The Morgan fingerprint density at radius 1 is 0.857 bits per heavy atom. The van der Waals surface area contributed by atoms with E-state index in [1.807, 2.05) is 42.6 Å². The minimum Gasteiger partial charge on any atom is -0.394 e. The molecule has 0 fully saturated rings. The fourth-order valence-electron chi connectivity index (χ4n) is 1.29. The summed E-state index contributed by atoms with van der Waals surface area (Å²) in [7, 11) is 0. The van der Waals surface area contributed by atoms with Crippen LogP contribution in [0.25, 0.3) is 11.3 Å². The average Bonchev–Trinajstić information content (AvgIpc) is 2.56. The first-order chi connectivity index (χ1) is 9.65. The van der Waals surface area contributed by atoms with E-state index in [1.165, 1.54) is 0 Å². The van der Waals surface area contributed by atoms with Crippen molar-refractivity contribution >= 4 is 0 Å². The van der Waals surface area contributed by atoms with Crippen molar-refractivity contribution in [3.63, 3.8) is 0 Å². The summed E-state index contributed by atoms with van der Waals surface area (Å²) in [5, 5.41) is 25.0. The van der Waals surface area contributed by atoms with Crippen molar-refractivity contribution in [1.29, 1.82) is 0 Å². The molecule has 0 saturated heterocycles.